The van der Waals surface area contributed by atoms with Crippen LogP contribution in [0.15, 0.2) is 73.1 Å². The van der Waals surface area contributed by atoms with Gasteiger partial charge in [0.25, 0.3) is 0 Å². The highest BCUT2D eigenvalue weighted by Gasteiger charge is 2.12. The number of anilines is 1. The standard InChI is InChI=1S/C23H22N2O4/c1-2-5-22(27)24-19-10-6-17(7-11-19)21(26)16-29-23(28)18-8-12-20(13-9-18)25-14-3-4-15-25/h3-4,6-15H,2,5,16H2,1H3,(H,24,27). The van der Waals surface area contributed by atoms with Gasteiger partial charge >= 0.3 is 5.97 Å². The maximum Gasteiger partial charge on any atom is 0.338 e. The lowest BCUT2D eigenvalue weighted by Gasteiger charge is -2.07. The first kappa shape index (κ1) is 20.1. The van der Waals surface area contributed by atoms with Crippen LogP contribution in [0.5, 0.6) is 0 Å². The third kappa shape index (κ3) is 5.42. The predicted molar refractivity (Wildman–Crippen MR) is 110 cm³/mol. The van der Waals surface area contributed by atoms with E-state index < -0.39 is 5.97 Å². The summed E-state index contributed by atoms with van der Waals surface area (Å²) in [6.07, 6.45) is 5.03. The molecule has 0 saturated heterocycles. The normalized spacial score (nSPS) is 10.4. The topological polar surface area (TPSA) is 77.4 Å². The molecule has 0 atom stereocenters. The number of esters is 1. The molecule has 0 aliphatic heterocycles. The van der Waals surface area contributed by atoms with Gasteiger partial charge in [-0.3, -0.25) is 9.59 Å². The summed E-state index contributed by atoms with van der Waals surface area (Å²) < 4.78 is 7.06. The summed E-state index contributed by atoms with van der Waals surface area (Å²) in [7, 11) is 0. The van der Waals surface area contributed by atoms with Crippen LogP contribution in [0.4, 0.5) is 5.69 Å². The number of nitrogens with one attached hydrogen (secondary N) is 1. The third-order valence-electron chi connectivity index (χ3n) is 4.31. The molecule has 3 aromatic rings. The van der Waals surface area contributed by atoms with E-state index in [2.05, 4.69) is 5.32 Å². The summed E-state index contributed by atoms with van der Waals surface area (Å²) >= 11 is 0. The van der Waals surface area contributed by atoms with E-state index in [1.165, 1.54) is 0 Å². The van der Waals surface area contributed by atoms with Gasteiger partial charge in [-0.05, 0) is 67.1 Å². The largest absolute Gasteiger partial charge is 0.454 e. The Morgan fingerprint density at radius 1 is 0.897 bits per heavy atom. The summed E-state index contributed by atoms with van der Waals surface area (Å²) in [4.78, 5) is 36.0. The van der Waals surface area contributed by atoms with Crippen molar-refractivity contribution in [1.82, 2.24) is 4.57 Å². The van der Waals surface area contributed by atoms with Crippen molar-refractivity contribution in [2.24, 2.45) is 0 Å². The second-order valence-corrected chi connectivity index (χ2v) is 6.51. The van der Waals surface area contributed by atoms with Crippen LogP contribution >= 0.6 is 0 Å². The quantitative estimate of drug-likeness (QED) is 0.461. The van der Waals surface area contributed by atoms with Crippen molar-refractivity contribution in [3.63, 3.8) is 0 Å². The van der Waals surface area contributed by atoms with Crippen LogP contribution in [0.1, 0.15) is 40.5 Å². The Morgan fingerprint density at radius 3 is 2.14 bits per heavy atom. The van der Waals surface area contributed by atoms with Gasteiger partial charge < -0.3 is 14.6 Å². The highest BCUT2D eigenvalue weighted by Crippen LogP contribution is 2.13. The zero-order valence-corrected chi connectivity index (χ0v) is 16.1. The average molecular weight is 390 g/mol. The van der Waals surface area contributed by atoms with Gasteiger partial charge in [0, 0.05) is 35.8 Å². The van der Waals surface area contributed by atoms with Crippen molar-refractivity contribution in [2.45, 2.75) is 19.8 Å². The number of Topliss-reactive ketones (excluding diaryl/α,β-unsaturated/α-hetero) is 1. The second kappa shape index (κ2) is 9.50. The van der Waals surface area contributed by atoms with E-state index in [1.807, 2.05) is 48.1 Å². The molecule has 0 aliphatic rings. The van der Waals surface area contributed by atoms with E-state index in [9.17, 15) is 14.4 Å². The van der Waals surface area contributed by atoms with Gasteiger partial charge in [-0.1, -0.05) is 6.92 Å². The Balaban J connectivity index is 1.53. The molecule has 0 spiro atoms. The van der Waals surface area contributed by atoms with Gasteiger partial charge in [-0.2, -0.15) is 0 Å². The lowest BCUT2D eigenvalue weighted by molar-refractivity contribution is -0.116. The summed E-state index contributed by atoms with van der Waals surface area (Å²) in [5.41, 5.74) is 2.34. The van der Waals surface area contributed by atoms with Crippen molar-refractivity contribution in [3.05, 3.63) is 84.2 Å². The van der Waals surface area contributed by atoms with E-state index in [-0.39, 0.29) is 18.3 Å². The fourth-order valence-corrected chi connectivity index (χ4v) is 2.76. The van der Waals surface area contributed by atoms with E-state index in [0.717, 1.165) is 12.1 Å². The molecule has 0 saturated carbocycles. The number of ether oxygens (including phenoxy) is 1. The van der Waals surface area contributed by atoms with E-state index >= 15 is 0 Å². The summed E-state index contributed by atoms with van der Waals surface area (Å²) in [5.74, 6) is -0.932. The number of carbonyl (C=O) groups excluding carboxylic acids is 3. The number of hydrogen-bond acceptors (Lipinski definition) is 4. The van der Waals surface area contributed by atoms with Gasteiger partial charge in [0.2, 0.25) is 5.91 Å². The predicted octanol–water partition coefficient (Wildman–Crippen LogP) is 4.26. The van der Waals surface area contributed by atoms with Crippen LogP contribution in [0.2, 0.25) is 0 Å². The fourth-order valence-electron chi connectivity index (χ4n) is 2.76. The van der Waals surface area contributed by atoms with Gasteiger partial charge in [-0.25, -0.2) is 4.79 Å². The maximum atomic E-state index is 12.3. The summed E-state index contributed by atoms with van der Waals surface area (Å²) in [6.45, 7) is 1.58. The van der Waals surface area contributed by atoms with Crippen molar-refractivity contribution in [1.29, 1.82) is 0 Å². The maximum absolute atomic E-state index is 12.3. The Morgan fingerprint density at radius 2 is 1.52 bits per heavy atom. The number of benzene rings is 2. The lowest BCUT2D eigenvalue weighted by Crippen LogP contribution is -2.15. The smallest absolute Gasteiger partial charge is 0.338 e. The number of carbonyl (C=O) groups is 3. The Labute approximate surface area is 169 Å². The van der Waals surface area contributed by atoms with Crippen LogP contribution < -0.4 is 5.32 Å². The number of aromatic nitrogens is 1. The second-order valence-electron chi connectivity index (χ2n) is 6.51. The highest BCUT2D eigenvalue weighted by molar-refractivity contribution is 6.00. The molecule has 2 aromatic carbocycles. The number of ketones is 1. The SMILES string of the molecule is CCCC(=O)Nc1ccc(C(=O)COC(=O)c2ccc(-n3cccc3)cc2)cc1. The van der Waals surface area contributed by atoms with Crippen molar-refractivity contribution >= 4 is 23.3 Å². The molecule has 29 heavy (non-hydrogen) atoms. The molecule has 0 bridgehead atoms. The van der Waals surface area contributed by atoms with Gasteiger partial charge in [0.15, 0.2) is 12.4 Å². The van der Waals surface area contributed by atoms with Crippen LogP contribution in [-0.4, -0.2) is 28.8 Å². The molecule has 3 rings (SSSR count). The number of nitrogens with zero attached hydrogens (tertiary/aromatic N) is 1. The van der Waals surface area contributed by atoms with Gasteiger partial charge in [-0.15, -0.1) is 0 Å². The third-order valence-corrected chi connectivity index (χ3v) is 4.31. The molecular formula is C23H22N2O4. The lowest BCUT2D eigenvalue weighted by atomic mass is 10.1. The van der Waals surface area contributed by atoms with E-state index in [0.29, 0.717) is 23.2 Å². The molecule has 0 unspecified atom stereocenters. The minimum Gasteiger partial charge on any atom is -0.454 e. The average Bonchev–Trinajstić information content (AvgIpc) is 3.27. The number of hydrogen-bond donors (Lipinski definition) is 1. The molecule has 1 aromatic heterocycles. The van der Waals surface area contributed by atoms with Crippen LogP contribution in [0.25, 0.3) is 5.69 Å². The van der Waals surface area contributed by atoms with Gasteiger partial charge in [0.1, 0.15) is 0 Å². The number of amides is 1. The van der Waals surface area contributed by atoms with Crippen molar-refractivity contribution in [2.75, 3.05) is 11.9 Å². The van der Waals surface area contributed by atoms with Crippen molar-refractivity contribution in [3.8, 4) is 5.69 Å². The molecule has 6 nitrogen and oxygen atoms in total. The summed E-state index contributed by atoms with van der Waals surface area (Å²) in [6, 6.07) is 17.3. The minimum atomic E-state index is -0.555. The van der Waals surface area contributed by atoms with Crippen molar-refractivity contribution < 1.29 is 19.1 Å². The van der Waals surface area contributed by atoms with E-state index in [4.69, 9.17) is 4.74 Å². The van der Waals surface area contributed by atoms with Crippen LogP contribution in [0.3, 0.4) is 0 Å². The zero-order chi connectivity index (χ0) is 20.6. The fraction of sp³-hybridized carbons (Fsp3) is 0.174. The highest BCUT2D eigenvalue weighted by atomic mass is 16.5. The Bertz CT molecular complexity index is 975. The monoisotopic (exact) mass is 390 g/mol. The molecule has 1 N–H and O–H groups in total. The van der Waals surface area contributed by atoms with Crippen LogP contribution in [-0.2, 0) is 9.53 Å². The Hall–Kier alpha value is -3.67. The first-order chi connectivity index (χ1) is 14.1. The number of rotatable bonds is 8. The van der Waals surface area contributed by atoms with E-state index in [1.54, 1.807) is 36.4 Å². The molecular weight excluding hydrogens is 368 g/mol. The molecule has 0 radical (unpaired) electrons. The molecule has 148 valence electrons. The molecule has 0 aliphatic carbocycles. The molecule has 1 amide bonds. The molecule has 0 fully saturated rings. The zero-order valence-electron chi connectivity index (χ0n) is 16.1. The molecule has 1 heterocycles. The first-order valence-corrected chi connectivity index (χ1v) is 9.40. The first-order valence-electron chi connectivity index (χ1n) is 9.40. The summed E-state index contributed by atoms with van der Waals surface area (Å²) in [5, 5.41) is 2.76. The van der Waals surface area contributed by atoms with Gasteiger partial charge in [0.05, 0.1) is 5.56 Å². The molecule has 6 heteroatoms. The minimum absolute atomic E-state index is 0.0664. The van der Waals surface area contributed by atoms with Crippen LogP contribution in [0, 0.1) is 0 Å². The Kier molecular flexibility index (Phi) is 6.58.